The van der Waals surface area contributed by atoms with Gasteiger partial charge in [-0.05, 0) is 18.9 Å². The molecule has 1 aromatic heterocycles. The molecule has 2 fully saturated rings. The maximum Gasteiger partial charge on any atom is 0.277 e. The van der Waals surface area contributed by atoms with Gasteiger partial charge < -0.3 is 24.6 Å². The lowest BCUT2D eigenvalue weighted by Gasteiger charge is -2.34. The standard InChI is InChI=1S/C20H17F2N3O5/c21-11-2-1-10(13(22)5-11)6-23-18(28)12-7-24-8-14-25(20(3-4-20)9-30-14)19(29)15(24)17(27)16(12)26/h1-2,5,7,14,27H,3-4,6,8-9H2,(H,23,28)/t14-/m0/s1. The highest BCUT2D eigenvalue weighted by atomic mass is 19.1. The number of carbonyl (C=O) groups is 2. The second-order valence-electron chi connectivity index (χ2n) is 7.81. The van der Waals surface area contributed by atoms with Crippen molar-refractivity contribution in [2.45, 2.75) is 37.7 Å². The molecular formula is C20H17F2N3O5. The van der Waals surface area contributed by atoms with Crippen LogP contribution in [0.25, 0.3) is 0 Å². The zero-order chi connectivity index (χ0) is 21.2. The van der Waals surface area contributed by atoms with Crippen LogP contribution in [0.1, 0.15) is 39.3 Å². The first-order chi connectivity index (χ1) is 14.3. The molecule has 1 saturated heterocycles. The summed E-state index contributed by atoms with van der Waals surface area (Å²) >= 11 is 0. The van der Waals surface area contributed by atoms with E-state index in [9.17, 15) is 28.3 Å². The third-order valence-corrected chi connectivity index (χ3v) is 5.90. The molecule has 156 valence electrons. The maximum atomic E-state index is 13.8. The highest BCUT2D eigenvalue weighted by Gasteiger charge is 2.60. The summed E-state index contributed by atoms with van der Waals surface area (Å²) < 4.78 is 33.8. The van der Waals surface area contributed by atoms with Crippen molar-refractivity contribution in [2.24, 2.45) is 0 Å². The van der Waals surface area contributed by atoms with Crippen LogP contribution in [0.5, 0.6) is 5.75 Å². The van der Waals surface area contributed by atoms with Gasteiger partial charge in [0, 0.05) is 24.4 Å². The molecule has 2 N–H and O–H groups in total. The summed E-state index contributed by atoms with van der Waals surface area (Å²) in [6, 6.07) is 2.92. The molecule has 2 aromatic rings. The molecule has 1 spiro atoms. The van der Waals surface area contributed by atoms with Crippen LogP contribution in [-0.2, 0) is 17.8 Å². The number of hydrogen-bond donors (Lipinski definition) is 2. The van der Waals surface area contributed by atoms with Gasteiger partial charge in [0.15, 0.2) is 17.7 Å². The molecule has 2 amide bonds. The number of carbonyl (C=O) groups excluding carboxylic acids is 2. The number of amides is 2. The van der Waals surface area contributed by atoms with Gasteiger partial charge in [-0.3, -0.25) is 14.4 Å². The third kappa shape index (κ3) is 2.71. The van der Waals surface area contributed by atoms with E-state index in [0.717, 1.165) is 18.9 Å². The van der Waals surface area contributed by atoms with Crippen LogP contribution in [0.2, 0.25) is 0 Å². The van der Waals surface area contributed by atoms with E-state index in [2.05, 4.69) is 5.32 Å². The van der Waals surface area contributed by atoms with Crippen LogP contribution in [0.15, 0.2) is 29.2 Å². The fraction of sp³-hybridized carbons (Fsp3) is 0.350. The molecule has 0 unspecified atom stereocenters. The third-order valence-electron chi connectivity index (χ3n) is 5.90. The zero-order valence-corrected chi connectivity index (χ0v) is 15.7. The van der Waals surface area contributed by atoms with E-state index in [0.29, 0.717) is 12.7 Å². The van der Waals surface area contributed by atoms with Crippen molar-refractivity contribution in [3.8, 4) is 5.75 Å². The van der Waals surface area contributed by atoms with Crippen LogP contribution < -0.4 is 10.7 Å². The first-order valence-corrected chi connectivity index (χ1v) is 9.44. The van der Waals surface area contributed by atoms with E-state index in [-0.39, 0.29) is 35.4 Å². The molecule has 8 nitrogen and oxygen atoms in total. The molecule has 1 atom stereocenters. The van der Waals surface area contributed by atoms with Crippen molar-refractivity contribution >= 4 is 11.8 Å². The SMILES string of the molecule is O=C(NCc1ccc(F)cc1F)c1cn2c(c(O)c1=O)C(=O)N1[C@H](C2)OCC12CC2. The highest BCUT2D eigenvalue weighted by Crippen LogP contribution is 2.49. The van der Waals surface area contributed by atoms with E-state index >= 15 is 0 Å². The van der Waals surface area contributed by atoms with E-state index in [4.69, 9.17) is 4.74 Å². The summed E-state index contributed by atoms with van der Waals surface area (Å²) in [5.74, 6) is -3.74. The van der Waals surface area contributed by atoms with Crippen molar-refractivity contribution < 1.29 is 28.2 Å². The summed E-state index contributed by atoms with van der Waals surface area (Å²) in [7, 11) is 0. The molecule has 3 aliphatic rings. The van der Waals surface area contributed by atoms with Crippen LogP contribution in [0.3, 0.4) is 0 Å². The van der Waals surface area contributed by atoms with E-state index in [1.807, 2.05) is 0 Å². The number of nitrogens with zero attached hydrogens (tertiary/aromatic N) is 2. The molecule has 30 heavy (non-hydrogen) atoms. The number of ether oxygens (including phenoxy) is 1. The fourth-order valence-corrected chi connectivity index (χ4v) is 4.11. The van der Waals surface area contributed by atoms with E-state index in [1.165, 1.54) is 16.8 Å². The summed E-state index contributed by atoms with van der Waals surface area (Å²) in [5, 5.41) is 12.8. The fourth-order valence-electron chi connectivity index (χ4n) is 4.11. The predicted molar refractivity (Wildman–Crippen MR) is 97.8 cm³/mol. The summed E-state index contributed by atoms with van der Waals surface area (Å²) in [5.41, 5.74) is -1.87. The number of nitrogens with one attached hydrogen (secondary N) is 1. The highest BCUT2D eigenvalue weighted by molar-refractivity contribution is 5.99. The topological polar surface area (TPSA) is 101 Å². The Bertz CT molecular complexity index is 1160. The maximum absolute atomic E-state index is 13.8. The van der Waals surface area contributed by atoms with Crippen LogP contribution in [0.4, 0.5) is 8.78 Å². The first-order valence-electron chi connectivity index (χ1n) is 9.44. The predicted octanol–water partition coefficient (Wildman–Crippen LogP) is 1.11. The zero-order valence-electron chi connectivity index (χ0n) is 15.7. The Balaban J connectivity index is 1.43. The molecule has 1 aromatic carbocycles. The molecule has 5 rings (SSSR count). The molecular weight excluding hydrogens is 400 g/mol. The summed E-state index contributed by atoms with van der Waals surface area (Å²) in [6.07, 6.45) is 2.28. The average Bonchev–Trinajstić information content (AvgIpc) is 3.38. The van der Waals surface area contributed by atoms with Crippen molar-refractivity contribution in [1.29, 1.82) is 0 Å². The van der Waals surface area contributed by atoms with E-state index in [1.54, 1.807) is 4.90 Å². The van der Waals surface area contributed by atoms with Gasteiger partial charge in [0.2, 0.25) is 5.43 Å². The van der Waals surface area contributed by atoms with Crippen LogP contribution >= 0.6 is 0 Å². The monoisotopic (exact) mass is 417 g/mol. The average molecular weight is 417 g/mol. The Labute approximate surface area is 168 Å². The van der Waals surface area contributed by atoms with Gasteiger partial charge in [-0.25, -0.2) is 8.78 Å². The molecule has 3 heterocycles. The van der Waals surface area contributed by atoms with Gasteiger partial charge in [0.1, 0.15) is 17.2 Å². The Morgan fingerprint density at radius 2 is 2.07 bits per heavy atom. The minimum Gasteiger partial charge on any atom is -0.503 e. The number of hydrogen-bond acceptors (Lipinski definition) is 5. The van der Waals surface area contributed by atoms with Crippen LogP contribution in [0, 0.1) is 11.6 Å². The number of rotatable bonds is 3. The van der Waals surface area contributed by atoms with Gasteiger partial charge >= 0.3 is 0 Å². The Morgan fingerprint density at radius 3 is 2.77 bits per heavy atom. The first kappa shape index (κ1) is 18.7. The minimum absolute atomic E-state index is 0.0342. The van der Waals surface area contributed by atoms with E-state index < -0.39 is 40.9 Å². The van der Waals surface area contributed by atoms with Gasteiger partial charge in [0.05, 0.1) is 18.7 Å². The van der Waals surface area contributed by atoms with Crippen molar-refractivity contribution in [3.05, 3.63) is 63.1 Å². The lowest BCUT2D eigenvalue weighted by atomic mass is 10.1. The molecule has 0 bridgehead atoms. The number of aromatic nitrogens is 1. The number of benzene rings is 1. The van der Waals surface area contributed by atoms with Crippen LogP contribution in [-0.4, -0.2) is 44.8 Å². The Kier molecular flexibility index (Phi) is 3.97. The normalized spacial score (nSPS) is 20.8. The molecule has 0 radical (unpaired) electrons. The number of halogens is 2. The lowest BCUT2D eigenvalue weighted by Crippen LogP contribution is -2.50. The van der Waals surface area contributed by atoms with Gasteiger partial charge in [0.25, 0.3) is 11.8 Å². The quantitative estimate of drug-likeness (QED) is 0.779. The van der Waals surface area contributed by atoms with Crippen molar-refractivity contribution in [2.75, 3.05) is 6.61 Å². The van der Waals surface area contributed by atoms with Gasteiger partial charge in [-0.2, -0.15) is 0 Å². The lowest BCUT2D eigenvalue weighted by molar-refractivity contribution is 0.00480. The minimum atomic E-state index is -0.991. The summed E-state index contributed by atoms with van der Waals surface area (Å²) in [4.78, 5) is 39.6. The van der Waals surface area contributed by atoms with Crippen molar-refractivity contribution in [1.82, 2.24) is 14.8 Å². The second kappa shape index (κ2) is 6.36. The summed E-state index contributed by atoms with van der Waals surface area (Å²) in [6.45, 7) is 0.289. The number of pyridine rings is 1. The molecule has 10 heteroatoms. The Hall–Kier alpha value is -3.27. The molecule has 1 saturated carbocycles. The Morgan fingerprint density at radius 1 is 1.30 bits per heavy atom. The smallest absolute Gasteiger partial charge is 0.277 e. The van der Waals surface area contributed by atoms with Crippen molar-refractivity contribution in [3.63, 3.8) is 0 Å². The van der Waals surface area contributed by atoms with Gasteiger partial charge in [-0.1, -0.05) is 6.07 Å². The second-order valence-corrected chi connectivity index (χ2v) is 7.81. The largest absolute Gasteiger partial charge is 0.503 e. The number of aromatic hydroxyl groups is 1. The van der Waals surface area contributed by atoms with Gasteiger partial charge in [-0.15, -0.1) is 0 Å². The number of fused-ring (bicyclic) bond motifs is 3. The molecule has 1 aliphatic carbocycles. The molecule has 2 aliphatic heterocycles.